The van der Waals surface area contributed by atoms with Gasteiger partial charge in [-0.3, -0.25) is 24.3 Å². The summed E-state index contributed by atoms with van der Waals surface area (Å²) >= 11 is 0. The van der Waals surface area contributed by atoms with Gasteiger partial charge in [-0.2, -0.15) is 0 Å². The fraction of sp³-hybridized carbons (Fsp3) is 0.188. The third-order valence-electron chi connectivity index (χ3n) is 6.89. The Morgan fingerprint density at radius 3 is 2.08 bits per heavy atom. The van der Waals surface area contributed by atoms with Gasteiger partial charge in [-0.15, -0.1) is 0 Å². The van der Waals surface area contributed by atoms with Crippen LogP contribution in [0.2, 0.25) is 0 Å². The number of ketones is 1. The van der Waals surface area contributed by atoms with Gasteiger partial charge in [0.05, 0.1) is 5.56 Å². The molecule has 0 bridgehead atoms. The second-order valence-corrected chi connectivity index (χ2v) is 9.74. The Balaban J connectivity index is 1.11. The Morgan fingerprint density at radius 2 is 1.43 bits per heavy atom. The maximum atomic E-state index is 13.1. The lowest BCUT2D eigenvalue weighted by Crippen LogP contribution is -2.48. The number of carbonyl (C=O) groups is 3. The number of amides is 2. The van der Waals surface area contributed by atoms with Crippen molar-refractivity contribution in [1.29, 1.82) is 0 Å². The van der Waals surface area contributed by atoms with E-state index in [0.717, 1.165) is 11.1 Å². The quantitative estimate of drug-likeness (QED) is 0.326. The van der Waals surface area contributed by atoms with E-state index in [4.69, 9.17) is 0 Å². The molecule has 5 rings (SSSR count). The van der Waals surface area contributed by atoms with Crippen LogP contribution in [-0.2, 0) is 13.0 Å². The van der Waals surface area contributed by atoms with Gasteiger partial charge in [-0.05, 0) is 59.7 Å². The molecule has 4 aromatic rings. The zero-order valence-corrected chi connectivity index (χ0v) is 21.9. The van der Waals surface area contributed by atoms with Gasteiger partial charge in [-0.25, -0.2) is 4.39 Å². The van der Waals surface area contributed by atoms with Crippen molar-refractivity contribution in [3.05, 3.63) is 131 Å². The van der Waals surface area contributed by atoms with Crippen LogP contribution in [0.1, 0.15) is 42.3 Å². The maximum Gasteiger partial charge on any atom is 0.274 e. The van der Waals surface area contributed by atoms with Crippen LogP contribution in [0.25, 0.3) is 0 Å². The number of hydrogen-bond donors (Lipinski definition) is 1. The number of piperazine rings is 1. The molecule has 2 heterocycles. The Kier molecular flexibility index (Phi) is 8.37. The summed E-state index contributed by atoms with van der Waals surface area (Å²) < 4.78 is 13.1. The van der Waals surface area contributed by atoms with Crippen molar-refractivity contribution in [2.75, 3.05) is 31.5 Å². The number of halogens is 1. The van der Waals surface area contributed by atoms with Crippen LogP contribution in [0.15, 0.2) is 97.2 Å². The lowest BCUT2D eigenvalue weighted by Gasteiger charge is -2.34. The summed E-state index contributed by atoms with van der Waals surface area (Å²) in [6.45, 7) is 3.29. The number of rotatable bonds is 8. The Bertz CT molecular complexity index is 1470. The lowest BCUT2D eigenvalue weighted by molar-refractivity contribution is 0.0627. The molecule has 40 heavy (non-hydrogen) atoms. The van der Waals surface area contributed by atoms with Gasteiger partial charge in [0.25, 0.3) is 11.8 Å². The van der Waals surface area contributed by atoms with E-state index in [1.165, 1.54) is 24.4 Å². The molecule has 202 valence electrons. The van der Waals surface area contributed by atoms with E-state index in [9.17, 15) is 18.8 Å². The minimum Gasteiger partial charge on any atom is -0.336 e. The van der Waals surface area contributed by atoms with E-state index in [0.29, 0.717) is 56.0 Å². The van der Waals surface area contributed by atoms with Gasteiger partial charge in [0.1, 0.15) is 11.5 Å². The Labute approximate surface area is 232 Å². The summed E-state index contributed by atoms with van der Waals surface area (Å²) in [4.78, 5) is 46.4. The van der Waals surface area contributed by atoms with Crippen LogP contribution >= 0.6 is 0 Å². The monoisotopic (exact) mass is 536 g/mol. The van der Waals surface area contributed by atoms with E-state index >= 15 is 0 Å². The SMILES string of the molecule is O=C(Cc1ccccc1)c1ccc(NC(=O)c2ccc(C(=O)N3CCN(Cc4ccc(F)cc4)CC3)cn2)cc1. The smallest absolute Gasteiger partial charge is 0.274 e. The molecule has 1 saturated heterocycles. The van der Waals surface area contributed by atoms with E-state index in [1.54, 1.807) is 47.4 Å². The summed E-state index contributed by atoms with van der Waals surface area (Å²) in [5.41, 5.74) is 3.70. The first kappa shape index (κ1) is 26.9. The highest BCUT2D eigenvalue weighted by Gasteiger charge is 2.23. The van der Waals surface area contributed by atoms with E-state index < -0.39 is 5.91 Å². The van der Waals surface area contributed by atoms with Gasteiger partial charge in [0.15, 0.2) is 5.78 Å². The van der Waals surface area contributed by atoms with Gasteiger partial charge in [0.2, 0.25) is 0 Å². The number of aromatic nitrogens is 1. The summed E-state index contributed by atoms with van der Waals surface area (Å²) in [5.74, 6) is -0.786. The molecule has 3 aromatic carbocycles. The first-order valence-corrected chi connectivity index (χ1v) is 13.2. The molecule has 7 nitrogen and oxygen atoms in total. The Hall–Kier alpha value is -4.69. The third-order valence-corrected chi connectivity index (χ3v) is 6.89. The standard InChI is InChI=1S/C32H29FN4O3/c33-27-11-6-24(7-12-27)22-36-16-18-37(19-17-36)32(40)26-10-15-29(34-21-26)31(39)35-28-13-8-25(9-14-28)30(38)20-23-4-2-1-3-5-23/h1-15,21H,16-20,22H2,(H,35,39). The number of benzene rings is 3. The van der Waals surface area contributed by atoms with Gasteiger partial charge >= 0.3 is 0 Å². The van der Waals surface area contributed by atoms with Crippen molar-refractivity contribution in [3.8, 4) is 0 Å². The van der Waals surface area contributed by atoms with Crippen molar-refractivity contribution in [2.24, 2.45) is 0 Å². The van der Waals surface area contributed by atoms with E-state index in [2.05, 4.69) is 15.2 Å². The van der Waals surface area contributed by atoms with Gasteiger partial charge in [-0.1, -0.05) is 42.5 Å². The first-order chi connectivity index (χ1) is 19.4. The third kappa shape index (κ3) is 6.84. The molecular formula is C32H29FN4O3. The molecule has 1 fully saturated rings. The second kappa shape index (κ2) is 12.4. The predicted molar refractivity (Wildman–Crippen MR) is 151 cm³/mol. The average molecular weight is 537 g/mol. The summed E-state index contributed by atoms with van der Waals surface area (Å²) in [5, 5.41) is 2.78. The van der Waals surface area contributed by atoms with Crippen LogP contribution in [0.3, 0.4) is 0 Å². The van der Waals surface area contributed by atoms with Crippen molar-refractivity contribution in [3.63, 3.8) is 0 Å². The van der Waals surface area contributed by atoms with Crippen molar-refractivity contribution < 1.29 is 18.8 Å². The number of Topliss-reactive ketones (excluding diaryl/α,β-unsaturated/α-hetero) is 1. The molecule has 1 N–H and O–H groups in total. The van der Waals surface area contributed by atoms with Gasteiger partial charge in [0, 0.05) is 56.6 Å². The van der Waals surface area contributed by atoms with Crippen molar-refractivity contribution in [2.45, 2.75) is 13.0 Å². The van der Waals surface area contributed by atoms with E-state index in [1.807, 2.05) is 30.3 Å². The fourth-order valence-corrected chi connectivity index (χ4v) is 4.61. The number of hydrogen-bond acceptors (Lipinski definition) is 5. The van der Waals surface area contributed by atoms with Crippen LogP contribution < -0.4 is 5.32 Å². The van der Waals surface area contributed by atoms with Crippen molar-refractivity contribution in [1.82, 2.24) is 14.8 Å². The molecule has 0 aliphatic carbocycles. The topological polar surface area (TPSA) is 82.6 Å². The molecule has 0 spiro atoms. The molecule has 0 atom stereocenters. The zero-order chi connectivity index (χ0) is 27.9. The molecule has 1 aromatic heterocycles. The molecular weight excluding hydrogens is 507 g/mol. The minimum atomic E-state index is -0.406. The summed E-state index contributed by atoms with van der Waals surface area (Å²) in [6, 6.07) is 25.9. The van der Waals surface area contributed by atoms with Crippen molar-refractivity contribution >= 4 is 23.3 Å². The molecule has 2 amide bonds. The highest BCUT2D eigenvalue weighted by atomic mass is 19.1. The van der Waals surface area contributed by atoms with Crippen LogP contribution in [0.5, 0.6) is 0 Å². The maximum absolute atomic E-state index is 13.1. The Morgan fingerprint density at radius 1 is 0.750 bits per heavy atom. The highest BCUT2D eigenvalue weighted by molar-refractivity contribution is 6.04. The van der Waals surface area contributed by atoms with Crippen LogP contribution in [0, 0.1) is 5.82 Å². The number of carbonyl (C=O) groups excluding carboxylic acids is 3. The number of pyridine rings is 1. The second-order valence-electron chi connectivity index (χ2n) is 9.74. The molecule has 8 heteroatoms. The molecule has 0 saturated carbocycles. The summed E-state index contributed by atoms with van der Waals surface area (Å²) in [7, 11) is 0. The number of nitrogens with zero attached hydrogens (tertiary/aromatic N) is 3. The van der Waals surface area contributed by atoms with Gasteiger partial charge < -0.3 is 10.2 Å². The average Bonchev–Trinajstić information content (AvgIpc) is 2.99. The largest absolute Gasteiger partial charge is 0.336 e. The zero-order valence-electron chi connectivity index (χ0n) is 21.9. The first-order valence-electron chi connectivity index (χ1n) is 13.2. The lowest BCUT2D eigenvalue weighted by atomic mass is 10.0. The number of anilines is 1. The molecule has 0 unspecified atom stereocenters. The normalized spacial score (nSPS) is 13.6. The van der Waals surface area contributed by atoms with Crippen LogP contribution in [-0.4, -0.2) is 58.6 Å². The summed E-state index contributed by atoms with van der Waals surface area (Å²) in [6.07, 6.45) is 1.74. The van der Waals surface area contributed by atoms with Crippen LogP contribution in [0.4, 0.5) is 10.1 Å². The number of nitrogens with one attached hydrogen (secondary N) is 1. The fourth-order valence-electron chi connectivity index (χ4n) is 4.61. The molecule has 1 aliphatic rings. The molecule has 1 aliphatic heterocycles. The predicted octanol–water partition coefficient (Wildman–Crippen LogP) is 4.86. The highest BCUT2D eigenvalue weighted by Crippen LogP contribution is 2.15. The van der Waals surface area contributed by atoms with E-state index in [-0.39, 0.29) is 23.2 Å². The minimum absolute atomic E-state index is 0.000270. The molecule has 0 radical (unpaired) electrons.